The number of fused-ring (bicyclic) bond motifs is 8. The summed E-state index contributed by atoms with van der Waals surface area (Å²) in [5, 5.41) is 42.6. The van der Waals surface area contributed by atoms with E-state index >= 15 is 19.5 Å². The van der Waals surface area contributed by atoms with E-state index in [2.05, 4.69) is 108 Å². The fourth-order valence-electron chi connectivity index (χ4n) is 32.5. The maximum absolute atomic E-state index is 18.6. The van der Waals surface area contributed by atoms with Gasteiger partial charge < -0.3 is 43.6 Å². The van der Waals surface area contributed by atoms with Crippen LogP contribution in [0.2, 0.25) is 0 Å². The second-order valence-electron chi connectivity index (χ2n) is 36.6. The van der Waals surface area contributed by atoms with Gasteiger partial charge in [-0.2, -0.15) is 0 Å². The van der Waals surface area contributed by atoms with E-state index in [1.807, 2.05) is 6.07 Å². The minimum atomic E-state index is -1.59. The molecule has 2 aromatic rings. The first kappa shape index (κ1) is 57.7. The Morgan fingerprint density at radius 1 is 0.896 bits per heavy atom. The smallest absolute Gasteiger partial charge is 0.339 e. The van der Waals surface area contributed by atoms with Crippen LogP contribution in [0, 0.1) is 151 Å². The monoisotopic (exact) mass is 1290 g/mol. The number of furan rings is 1. The van der Waals surface area contributed by atoms with E-state index < -0.39 is 98.1 Å². The van der Waals surface area contributed by atoms with E-state index in [9.17, 15) is 14.9 Å². The average molecular weight is 1300 g/mol. The molecule has 23 rings (SSSR count). The molecule has 12 bridgehead atoms. The molecule has 15 fully saturated rings. The number of carbonyl (C=O) groups is 3. The quantitative estimate of drug-likeness (QED) is 0.0850. The SMILES string of the molecule is CC12CC3CC45CC6C=CC47C(=O)OCC48C(C(=O)C(O)C9(C%10CC(Cc%11ccccc%11)CCC%10C#CCC1(c1ccoc1CC(C(O)CO)C1CCC%10C(C=CN%11CNCC%10%11)C1)OC(=O)C1OC192)C34)C12OC87C(=CC1C13C=CC4CCCC4C1CC=C1CCC2CC13)CC5C6. The van der Waals surface area contributed by atoms with Gasteiger partial charge in [0, 0.05) is 52.7 Å². The van der Waals surface area contributed by atoms with Gasteiger partial charge in [-0.25, -0.2) is 4.79 Å². The molecule has 13 heteroatoms. The number of cyclic esters (lactones) is 1. The van der Waals surface area contributed by atoms with Gasteiger partial charge in [0.2, 0.25) is 0 Å². The number of nitrogens with one attached hydrogen (secondary N) is 1. The van der Waals surface area contributed by atoms with Crippen molar-refractivity contribution in [1.29, 1.82) is 0 Å². The number of ketones is 1. The Hall–Kier alpha value is -5.07. The third-order valence-corrected chi connectivity index (χ3v) is 34.9. The van der Waals surface area contributed by atoms with Gasteiger partial charge in [-0.05, 0) is 233 Å². The number of hydrogen-bond acceptors (Lipinski definition) is 13. The van der Waals surface area contributed by atoms with Crippen LogP contribution >= 0.6 is 0 Å². The number of ether oxygens (including phenoxy) is 4. The molecule has 502 valence electrons. The summed E-state index contributed by atoms with van der Waals surface area (Å²) in [4.78, 5) is 54.4. The zero-order chi connectivity index (χ0) is 63.8. The van der Waals surface area contributed by atoms with Gasteiger partial charge in [0.25, 0.3) is 0 Å². The highest BCUT2D eigenvalue weighted by Crippen LogP contribution is 2.95. The lowest BCUT2D eigenvalue weighted by Crippen LogP contribution is -2.85. The van der Waals surface area contributed by atoms with Crippen LogP contribution in [0.25, 0.3) is 0 Å². The lowest BCUT2D eigenvalue weighted by molar-refractivity contribution is -0.320. The lowest BCUT2D eigenvalue weighted by atomic mass is 9.27. The summed E-state index contributed by atoms with van der Waals surface area (Å²) in [6, 6.07) is 13.3. The summed E-state index contributed by atoms with van der Waals surface area (Å²) in [6.45, 7) is 3.77. The second kappa shape index (κ2) is 18.5. The largest absolute Gasteiger partial charge is 0.469 e. The number of benzene rings is 1. The predicted octanol–water partition coefficient (Wildman–Crippen LogP) is 10.7. The Balaban J connectivity index is 0.769. The first-order chi connectivity index (χ1) is 46.7. The Morgan fingerprint density at radius 3 is 2.70 bits per heavy atom. The van der Waals surface area contributed by atoms with Gasteiger partial charge in [-0.1, -0.05) is 104 Å². The fourth-order valence-corrected chi connectivity index (χ4v) is 32.5. The van der Waals surface area contributed by atoms with Crippen LogP contribution in [0.4, 0.5) is 0 Å². The van der Waals surface area contributed by atoms with E-state index in [1.165, 1.54) is 30.4 Å². The van der Waals surface area contributed by atoms with Crippen molar-refractivity contribution in [1.82, 2.24) is 10.2 Å². The summed E-state index contributed by atoms with van der Waals surface area (Å²) in [7, 11) is 0. The molecule has 10 saturated carbocycles. The van der Waals surface area contributed by atoms with Crippen LogP contribution in [0.3, 0.4) is 0 Å². The van der Waals surface area contributed by atoms with Crippen LogP contribution in [0.1, 0.15) is 146 Å². The van der Waals surface area contributed by atoms with Crippen molar-refractivity contribution < 1.29 is 53.1 Å². The lowest BCUT2D eigenvalue weighted by Gasteiger charge is -2.74. The van der Waals surface area contributed by atoms with Gasteiger partial charge >= 0.3 is 11.9 Å². The van der Waals surface area contributed by atoms with Crippen molar-refractivity contribution in [3.8, 4) is 11.8 Å². The van der Waals surface area contributed by atoms with Gasteiger partial charge in [0.15, 0.2) is 17.5 Å². The van der Waals surface area contributed by atoms with E-state index in [0.29, 0.717) is 78.6 Å². The molecule has 96 heavy (non-hydrogen) atoms. The number of nitrogens with zero attached hydrogens (tertiary/aromatic N) is 1. The minimum absolute atomic E-state index is 0.00803. The number of esters is 2. The molecule has 8 heterocycles. The summed E-state index contributed by atoms with van der Waals surface area (Å²) >= 11 is 0. The Labute approximate surface area is 563 Å². The van der Waals surface area contributed by atoms with Crippen molar-refractivity contribution in [3.63, 3.8) is 0 Å². The van der Waals surface area contributed by atoms with E-state index in [0.717, 1.165) is 96.7 Å². The molecule has 0 amide bonds. The van der Waals surface area contributed by atoms with Crippen molar-refractivity contribution in [2.75, 3.05) is 26.4 Å². The van der Waals surface area contributed by atoms with Crippen molar-refractivity contribution in [2.45, 2.75) is 189 Å². The Morgan fingerprint density at radius 2 is 1.80 bits per heavy atom. The van der Waals surface area contributed by atoms with E-state index in [-0.39, 0.29) is 83.5 Å². The number of Topliss-reactive ketones (excluding diaryl/α,β-unsaturated/α-hetero) is 1. The third kappa shape index (κ3) is 5.95. The topological polar surface area (TPSA) is 181 Å². The number of hydrogen-bond donors (Lipinski definition) is 4. The van der Waals surface area contributed by atoms with Gasteiger partial charge in [-0.15, -0.1) is 0 Å². The zero-order valence-corrected chi connectivity index (χ0v) is 55.6. The molecule has 32 atom stereocenters. The first-order valence-electron chi connectivity index (χ1n) is 38.5. The Kier molecular flexibility index (Phi) is 11.1. The molecular formula is C83H94N2O11. The molecule has 5 saturated heterocycles. The zero-order valence-electron chi connectivity index (χ0n) is 55.6. The number of carbonyl (C=O) groups excluding carboxylic acids is 3. The van der Waals surface area contributed by atoms with Gasteiger partial charge in [0.1, 0.15) is 35.1 Å². The average Bonchev–Trinajstić information content (AvgIpc) is 1.40. The molecule has 8 spiro atoms. The van der Waals surface area contributed by atoms with E-state index in [1.54, 1.807) is 11.8 Å². The number of aliphatic hydroxyl groups is 3. The summed E-state index contributed by atoms with van der Waals surface area (Å²) < 4.78 is 39.1. The molecule has 0 radical (unpaired) electrons. The predicted molar refractivity (Wildman–Crippen MR) is 350 cm³/mol. The van der Waals surface area contributed by atoms with Crippen LogP contribution in [-0.4, -0.2) is 106 Å². The maximum atomic E-state index is 18.6. The standard InChI is InChI=1S/C83H94N2O11/c1-74-38-52-39-75-37-46-20-26-78(75)73(91)93-42-77-68(52)80(70(89)67(88)69(77)81-53-17-14-49-16-19-59-56-11-5-9-47(56)21-25-76(59,61(49)34-53)66(81)35-55(33-54(75)30-46)82(77,78)96-81)62-31-45(29-44-7-3-2-4-8-44)12-13-48(62)10-6-24-79(74,95-72(90)71-83(74,80)94-71)60-23-28-92-65(60)36-58(64(87)41-86)50-15-18-57-51(32-50)22-27-85-43-84-40-63(57)85/h2-4,7-8,16,20-23,25-28,35,45-48,50-54,56-59,61-64,66,68-71,84,86-87,89H,5,9,11-15,17-19,24,29-34,36-43H2,1H3. The minimum Gasteiger partial charge on any atom is -0.469 e. The van der Waals surface area contributed by atoms with Crippen molar-refractivity contribution >= 4 is 17.7 Å². The second-order valence-corrected chi connectivity index (χ2v) is 36.6. The van der Waals surface area contributed by atoms with Crippen LogP contribution in [0.5, 0.6) is 0 Å². The van der Waals surface area contributed by atoms with Gasteiger partial charge in [0.05, 0.1) is 49.0 Å². The maximum Gasteiger partial charge on any atom is 0.339 e. The first-order valence-corrected chi connectivity index (χ1v) is 38.5. The van der Waals surface area contributed by atoms with Crippen LogP contribution < -0.4 is 5.32 Å². The van der Waals surface area contributed by atoms with Gasteiger partial charge in [-0.3, -0.25) is 14.9 Å². The molecule has 21 aliphatic rings. The normalized spacial score (nSPS) is 55.8. The molecule has 1 aromatic carbocycles. The number of rotatable bonds is 8. The number of allylic oxidation sites excluding steroid dienone is 6. The summed E-state index contributed by atoms with van der Waals surface area (Å²) in [5.41, 5.74) is -6.48. The number of epoxide rings is 1. The molecule has 4 N–H and O–H groups in total. The fraction of sp³-hybridized carbons (Fsp3) is 0.699. The number of aliphatic hydroxyl groups excluding tert-OH is 3. The molecular weight excluding hydrogens is 1200 g/mol. The highest BCUT2D eigenvalue weighted by molar-refractivity contribution is 5.96. The Bertz CT molecular complexity index is 4040. The molecule has 14 aliphatic carbocycles. The van der Waals surface area contributed by atoms with E-state index in [4.69, 9.17) is 18.6 Å². The molecule has 1 aromatic heterocycles. The highest BCUT2D eigenvalue weighted by atomic mass is 16.7. The molecule has 7 aliphatic heterocycles. The summed E-state index contributed by atoms with van der Waals surface area (Å²) in [6.07, 6.45) is 35.9. The highest BCUT2D eigenvalue weighted by Gasteiger charge is 3.03. The van der Waals surface area contributed by atoms with Crippen LogP contribution in [0.15, 0.2) is 107 Å². The van der Waals surface area contributed by atoms with Crippen molar-refractivity contribution in [3.05, 3.63) is 119 Å². The third-order valence-electron chi connectivity index (χ3n) is 34.9. The molecule has 32 unspecified atom stereocenters. The van der Waals surface area contributed by atoms with Crippen molar-refractivity contribution in [2.24, 2.45) is 139 Å². The summed E-state index contributed by atoms with van der Waals surface area (Å²) in [5.74, 6) is 8.16. The molecule has 13 nitrogen and oxygen atoms in total. The van der Waals surface area contributed by atoms with Crippen LogP contribution in [-0.2, 0) is 51.8 Å².